The summed E-state index contributed by atoms with van der Waals surface area (Å²) in [5.41, 5.74) is 1.01. The largest absolute Gasteiger partial charge is 0.351 e. The second-order valence-electron chi connectivity index (χ2n) is 5.38. The van der Waals surface area contributed by atoms with Crippen LogP contribution in [0.3, 0.4) is 0 Å². The molecule has 0 radical (unpaired) electrons. The smallest absolute Gasteiger partial charge is 0.251 e. The molecule has 1 saturated carbocycles. The van der Waals surface area contributed by atoms with Gasteiger partial charge in [0.2, 0.25) is 0 Å². The third-order valence-electron chi connectivity index (χ3n) is 3.93. The van der Waals surface area contributed by atoms with Crippen LogP contribution in [0.25, 0.3) is 0 Å². The summed E-state index contributed by atoms with van der Waals surface area (Å²) in [4.78, 5) is 12.1. The lowest BCUT2D eigenvalue weighted by Gasteiger charge is -2.35. The summed E-state index contributed by atoms with van der Waals surface area (Å²) in [6, 6.07) is 7.71. The number of benzene rings is 1. The lowest BCUT2D eigenvalue weighted by molar-refractivity contribution is 0.0922. The molecule has 4 heteroatoms. The van der Waals surface area contributed by atoms with Crippen molar-refractivity contribution in [1.29, 1.82) is 0 Å². The Labute approximate surface area is 137 Å². The summed E-state index contributed by atoms with van der Waals surface area (Å²) in [6.45, 7) is 0.781. The van der Waals surface area contributed by atoms with Gasteiger partial charge in [-0.3, -0.25) is 4.79 Å². The lowest BCUT2D eigenvalue weighted by Crippen LogP contribution is -2.40. The maximum atomic E-state index is 12.1. The Balaban J connectivity index is 1.93. The summed E-state index contributed by atoms with van der Waals surface area (Å²) in [6.07, 6.45) is 6.33. The van der Waals surface area contributed by atoms with Gasteiger partial charge in [-0.15, -0.1) is 0 Å². The van der Waals surface area contributed by atoms with Gasteiger partial charge in [0.15, 0.2) is 0 Å². The summed E-state index contributed by atoms with van der Waals surface area (Å²) >= 11 is 5.88. The molecule has 0 bridgehead atoms. The van der Waals surface area contributed by atoms with Gasteiger partial charge in [-0.1, -0.05) is 35.2 Å². The molecule has 1 amide bonds. The van der Waals surface area contributed by atoms with Crippen LogP contribution in [0.1, 0.15) is 42.5 Å². The molecule has 1 aromatic carbocycles. The van der Waals surface area contributed by atoms with E-state index in [4.69, 9.17) is 0 Å². The number of hydrogen-bond acceptors (Lipinski definition) is 1. The Morgan fingerprint density at radius 1 is 1.21 bits per heavy atom. The Kier molecular flexibility index (Phi) is 5.69. The van der Waals surface area contributed by atoms with Gasteiger partial charge >= 0.3 is 0 Å². The van der Waals surface area contributed by atoms with Gasteiger partial charge in [0.25, 0.3) is 5.91 Å². The Morgan fingerprint density at radius 2 is 1.84 bits per heavy atom. The average molecular weight is 436 g/mol. The summed E-state index contributed by atoms with van der Waals surface area (Å²) in [7, 11) is 0. The van der Waals surface area contributed by atoms with Crippen LogP contribution in [0.4, 0.5) is 0 Å². The van der Waals surface area contributed by atoms with E-state index in [-0.39, 0.29) is 11.3 Å². The van der Waals surface area contributed by atoms with E-state index in [0.29, 0.717) is 0 Å². The molecule has 2 nitrogen and oxygen atoms in total. The number of carbonyl (C=O) groups excluding carboxylic acids is 1. The molecule has 19 heavy (non-hydrogen) atoms. The van der Waals surface area contributed by atoms with Crippen molar-refractivity contribution >= 4 is 44.4 Å². The number of amides is 1. The zero-order valence-electron chi connectivity index (χ0n) is 10.9. The summed E-state index contributed by atoms with van der Waals surface area (Å²) < 4.78 is 1.15. The van der Waals surface area contributed by atoms with Crippen molar-refractivity contribution < 1.29 is 4.79 Å². The number of rotatable bonds is 4. The number of carbonyl (C=O) groups is 1. The molecule has 1 N–H and O–H groups in total. The van der Waals surface area contributed by atoms with E-state index >= 15 is 0 Å². The molecule has 1 aliphatic carbocycles. The molecule has 0 unspecified atom stereocenters. The number of halogens is 2. The van der Waals surface area contributed by atoms with Crippen molar-refractivity contribution in [2.75, 3.05) is 11.9 Å². The monoisotopic (exact) mass is 435 g/mol. The van der Waals surface area contributed by atoms with Gasteiger partial charge in [0.05, 0.1) is 0 Å². The van der Waals surface area contributed by atoms with Crippen molar-refractivity contribution in [2.45, 2.75) is 32.1 Å². The highest BCUT2D eigenvalue weighted by molar-refractivity contribution is 14.1. The molecule has 0 aliphatic heterocycles. The summed E-state index contributed by atoms with van der Waals surface area (Å²) in [5, 5.41) is 4.09. The Morgan fingerprint density at radius 3 is 2.42 bits per heavy atom. The van der Waals surface area contributed by atoms with E-state index in [2.05, 4.69) is 43.8 Å². The van der Waals surface area contributed by atoms with Gasteiger partial charge in [-0.2, -0.15) is 0 Å². The standard InChI is InChI=1S/C15H19BrINO/c16-10-15(8-2-1-3-9-15)11-18-14(19)12-4-6-13(17)7-5-12/h4-7H,1-3,8-11H2,(H,18,19). The summed E-state index contributed by atoms with van der Waals surface area (Å²) in [5.74, 6) is 0.0438. The van der Waals surface area contributed by atoms with Crippen LogP contribution >= 0.6 is 38.5 Å². The van der Waals surface area contributed by atoms with E-state index in [0.717, 1.165) is 21.0 Å². The van der Waals surface area contributed by atoms with Gasteiger partial charge in [0, 0.05) is 21.0 Å². The SMILES string of the molecule is O=C(NCC1(CBr)CCCCC1)c1ccc(I)cc1. The fourth-order valence-corrected chi connectivity index (χ4v) is 3.75. The molecule has 0 heterocycles. The Hall–Kier alpha value is -0.100. The van der Waals surface area contributed by atoms with Gasteiger partial charge < -0.3 is 5.32 Å². The van der Waals surface area contributed by atoms with Gasteiger partial charge in [0.1, 0.15) is 0 Å². The number of hydrogen-bond donors (Lipinski definition) is 1. The van der Waals surface area contributed by atoms with Crippen molar-refractivity contribution in [3.8, 4) is 0 Å². The van der Waals surface area contributed by atoms with Crippen LogP contribution in [0.5, 0.6) is 0 Å². The lowest BCUT2D eigenvalue weighted by atomic mass is 9.75. The van der Waals surface area contributed by atoms with E-state index in [9.17, 15) is 4.79 Å². The first-order chi connectivity index (χ1) is 9.15. The minimum Gasteiger partial charge on any atom is -0.351 e. The van der Waals surface area contributed by atoms with E-state index in [1.54, 1.807) is 0 Å². The van der Waals surface area contributed by atoms with Crippen LogP contribution in [-0.4, -0.2) is 17.8 Å². The Bertz CT molecular complexity index is 426. The zero-order valence-corrected chi connectivity index (χ0v) is 14.7. The minimum atomic E-state index is 0.0438. The number of nitrogens with one attached hydrogen (secondary N) is 1. The molecular formula is C15H19BrINO. The fourth-order valence-electron chi connectivity index (χ4n) is 2.63. The molecule has 1 fully saturated rings. The average Bonchev–Trinajstić information content (AvgIpc) is 2.46. The van der Waals surface area contributed by atoms with Gasteiger partial charge in [-0.25, -0.2) is 0 Å². The first kappa shape index (κ1) is 15.3. The third kappa shape index (κ3) is 4.18. The zero-order chi connectivity index (χ0) is 13.7. The first-order valence-corrected chi connectivity index (χ1v) is 8.95. The van der Waals surface area contributed by atoms with E-state index in [1.807, 2.05) is 24.3 Å². The molecule has 0 saturated heterocycles. The van der Waals surface area contributed by atoms with Gasteiger partial charge in [-0.05, 0) is 65.1 Å². The van der Waals surface area contributed by atoms with Crippen LogP contribution in [0.2, 0.25) is 0 Å². The highest BCUT2D eigenvalue weighted by Gasteiger charge is 2.31. The fraction of sp³-hybridized carbons (Fsp3) is 0.533. The second kappa shape index (κ2) is 7.07. The first-order valence-electron chi connectivity index (χ1n) is 6.75. The predicted molar refractivity (Wildman–Crippen MR) is 90.8 cm³/mol. The molecular weight excluding hydrogens is 417 g/mol. The molecule has 1 aliphatic rings. The van der Waals surface area contributed by atoms with Crippen molar-refractivity contribution in [3.63, 3.8) is 0 Å². The van der Waals surface area contributed by atoms with Crippen LogP contribution in [-0.2, 0) is 0 Å². The second-order valence-corrected chi connectivity index (χ2v) is 7.19. The third-order valence-corrected chi connectivity index (χ3v) is 5.84. The maximum absolute atomic E-state index is 12.1. The van der Waals surface area contributed by atoms with Crippen LogP contribution < -0.4 is 5.32 Å². The molecule has 104 valence electrons. The quantitative estimate of drug-likeness (QED) is 0.552. The molecule has 2 rings (SSSR count). The van der Waals surface area contributed by atoms with Crippen molar-refractivity contribution in [1.82, 2.24) is 5.32 Å². The van der Waals surface area contributed by atoms with E-state index < -0.39 is 0 Å². The van der Waals surface area contributed by atoms with Crippen LogP contribution in [0.15, 0.2) is 24.3 Å². The van der Waals surface area contributed by atoms with Crippen molar-refractivity contribution in [2.24, 2.45) is 5.41 Å². The maximum Gasteiger partial charge on any atom is 0.251 e. The van der Waals surface area contributed by atoms with E-state index in [1.165, 1.54) is 32.1 Å². The normalized spacial score (nSPS) is 18.0. The number of alkyl halides is 1. The molecule has 0 aromatic heterocycles. The highest BCUT2D eigenvalue weighted by atomic mass is 127. The predicted octanol–water partition coefficient (Wildman–Crippen LogP) is 4.37. The topological polar surface area (TPSA) is 29.1 Å². The molecule has 0 spiro atoms. The molecule has 1 aromatic rings. The highest BCUT2D eigenvalue weighted by Crippen LogP contribution is 2.37. The van der Waals surface area contributed by atoms with Crippen molar-refractivity contribution in [3.05, 3.63) is 33.4 Å². The molecule has 0 atom stereocenters. The minimum absolute atomic E-state index is 0.0438. The van der Waals surface area contributed by atoms with Crippen LogP contribution in [0, 0.1) is 8.99 Å².